The zero-order valence-electron chi connectivity index (χ0n) is 21.0. The van der Waals surface area contributed by atoms with E-state index in [-0.39, 0.29) is 23.3 Å². The van der Waals surface area contributed by atoms with Gasteiger partial charge in [-0.15, -0.1) is 0 Å². The molecule has 3 N–H and O–H groups in total. The van der Waals surface area contributed by atoms with E-state index >= 15 is 0 Å². The predicted octanol–water partition coefficient (Wildman–Crippen LogP) is 1.19. The van der Waals surface area contributed by atoms with Crippen LogP contribution in [0.3, 0.4) is 0 Å². The lowest BCUT2D eigenvalue weighted by atomic mass is 9.81. The number of halogens is 1. The SMILES string of the molecule is CN1Cc2cnc(C(=O)N[C@@H]3C[C@@H](C(=O)N(C)C)CC[C@@H]3NC(=O)C(=O)Nc3ccc(Cl)cn3)cc2C1. The molecule has 2 aromatic heterocycles. The molecule has 3 heterocycles. The van der Waals surface area contributed by atoms with E-state index in [1.54, 1.807) is 32.4 Å². The molecule has 1 aliphatic heterocycles. The Morgan fingerprint density at radius 2 is 1.73 bits per heavy atom. The van der Waals surface area contributed by atoms with E-state index in [0.717, 1.165) is 24.2 Å². The molecule has 37 heavy (non-hydrogen) atoms. The fourth-order valence-corrected chi connectivity index (χ4v) is 4.88. The Balaban J connectivity index is 1.46. The summed E-state index contributed by atoms with van der Waals surface area (Å²) >= 11 is 5.81. The summed E-state index contributed by atoms with van der Waals surface area (Å²) < 4.78 is 0. The molecule has 0 unspecified atom stereocenters. The van der Waals surface area contributed by atoms with E-state index in [1.807, 2.05) is 7.05 Å². The van der Waals surface area contributed by atoms with Gasteiger partial charge in [-0.3, -0.25) is 29.1 Å². The van der Waals surface area contributed by atoms with Crippen molar-refractivity contribution in [3.8, 4) is 0 Å². The van der Waals surface area contributed by atoms with Crippen LogP contribution in [0.4, 0.5) is 5.82 Å². The largest absolute Gasteiger partial charge is 0.349 e. The summed E-state index contributed by atoms with van der Waals surface area (Å²) in [6.07, 6.45) is 4.31. The first-order chi connectivity index (χ1) is 17.6. The number of hydrogen-bond donors (Lipinski definition) is 3. The summed E-state index contributed by atoms with van der Waals surface area (Å²) in [4.78, 5) is 62.9. The van der Waals surface area contributed by atoms with Crippen molar-refractivity contribution in [2.45, 2.75) is 44.4 Å². The monoisotopic (exact) mass is 527 g/mol. The van der Waals surface area contributed by atoms with Gasteiger partial charge < -0.3 is 20.9 Å². The van der Waals surface area contributed by atoms with Gasteiger partial charge in [0, 0.05) is 51.5 Å². The van der Waals surface area contributed by atoms with Gasteiger partial charge in [-0.05, 0) is 55.6 Å². The smallest absolute Gasteiger partial charge is 0.314 e. The fraction of sp³-hybridized carbons (Fsp3) is 0.440. The van der Waals surface area contributed by atoms with E-state index < -0.39 is 29.8 Å². The summed E-state index contributed by atoms with van der Waals surface area (Å²) in [5.41, 5.74) is 2.40. The van der Waals surface area contributed by atoms with Crippen molar-refractivity contribution in [1.82, 2.24) is 30.4 Å². The zero-order valence-corrected chi connectivity index (χ0v) is 21.7. The van der Waals surface area contributed by atoms with Gasteiger partial charge in [0.05, 0.1) is 11.1 Å². The Morgan fingerprint density at radius 1 is 0.973 bits per heavy atom. The lowest BCUT2D eigenvalue weighted by Crippen LogP contribution is -2.57. The minimum absolute atomic E-state index is 0.0470. The van der Waals surface area contributed by atoms with E-state index in [0.29, 0.717) is 24.3 Å². The maximum absolute atomic E-state index is 13.1. The highest BCUT2D eigenvalue weighted by molar-refractivity contribution is 6.39. The van der Waals surface area contributed by atoms with Crippen molar-refractivity contribution >= 4 is 41.0 Å². The number of carbonyl (C=O) groups is 4. The Kier molecular flexibility index (Phi) is 8.03. The van der Waals surface area contributed by atoms with Crippen LogP contribution in [-0.2, 0) is 27.5 Å². The van der Waals surface area contributed by atoms with Crippen LogP contribution in [-0.4, -0.2) is 76.6 Å². The fourth-order valence-electron chi connectivity index (χ4n) is 4.77. The van der Waals surface area contributed by atoms with Crippen molar-refractivity contribution in [2.24, 2.45) is 5.92 Å². The van der Waals surface area contributed by atoms with Crippen molar-refractivity contribution in [2.75, 3.05) is 26.5 Å². The summed E-state index contributed by atoms with van der Waals surface area (Å²) in [5.74, 6) is -2.33. The number of hydrogen-bond acceptors (Lipinski definition) is 7. The van der Waals surface area contributed by atoms with Crippen LogP contribution in [0.2, 0.25) is 5.02 Å². The molecule has 11 nitrogen and oxygen atoms in total. The van der Waals surface area contributed by atoms with Gasteiger partial charge in [0.15, 0.2) is 0 Å². The number of carbonyl (C=O) groups excluding carboxylic acids is 4. The van der Waals surface area contributed by atoms with Crippen molar-refractivity contribution in [3.63, 3.8) is 0 Å². The Morgan fingerprint density at radius 3 is 2.43 bits per heavy atom. The first-order valence-corrected chi connectivity index (χ1v) is 12.4. The van der Waals surface area contributed by atoms with Crippen LogP contribution in [0.5, 0.6) is 0 Å². The average molecular weight is 528 g/mol. The third kappa shape index (κ3) is 6.41. The van der Waals surface area contributed by atoms with Gasteiger partial charge in [0.2, 0.25) is 5.91 Å². The molecule has 1 fully saturated rings. The van der Waals surface area contributed by atoms with E-state index in [9.17, 15) is 19.2 Å². The maximum atomic E-state index is 13.1. The van der Waals surface area contributed by atoms with E-state index in [1.165, 1.54) is 17.2 Å². The minimum Gasteiger partial charge on any atom is -0.349 e. The first-order valence-electron chi connectivity index (χ1n) is 12.0. The molecular formula is C25H30ClN7O4. The topological polar surface area (TPSA) is 137 Å². The quantitative estimate of drug-likeness (QED) is 0.497. The van der Waals surface area contributed by atoms with Crippen LogP contribution >= 0.6 is 11.6 Å². The number of nitrogens with zero attached hydrogens (tertiary/aromatic N) is 4. The molecule has 0 radical (unpaired) electrons. The lowest BCUT2D eigenvalue weighted by molar-refractivity contribution is -0.137. The predicted molar refractivity (Wildman–Crippen MR) is 137 cm³/mol. The van der Waals surface area contributed by atoms with Gasteiger partial charge in [-0.1, -0.05) is 11.6 Å². The Hall–Kier alpha value is -3.57. The molecule has 0 bridgehead atoms. The minimum atomic E-state index is -0.893. The van der Waals surface area contributed by atoms with Crippen LogP contribution in [0, 0.1) is 5.92 Å². The number of aromatic nitrogens is 2. The summed E-state index contributed by atoms with van der Waals surface area (Å²) in [6.45, 7) is 1.51. The number of rotatable bonds is 5. The summed E-state index contributed by atoms with van der Waals surface area (Å²) in [7, 11) is 5.37. The van der Waals surface area contributed by atoms with Crippen molar-refractivity contribution in [3.05, 3.63) is 52.4 Å². The van der Waals surface area contributed by atoms with Gasteiger partial charge in [-0.2, -0.15) is 0 Å². The van der Waals surface area contributed by atoms with Gasteiger partial charge in [0.1, 0.15) is 11.5 Å². The number of fused-ring (bicyclic) bond motifs is 1. The molecule has 4 rings (SSSR count). The molecule has 2 aliphatic rings. The molecule has 4 amide bonds. The summed E-state index contributed by atoms with van der Waals surface area (Å²) in [6, 6.07) is 3.68. The molecule has 1 aliphatic carbocycles. The molecule has 0 saturated heterocycles. The molecule has 12 heteroatoms. The van der Waals surface area contributed by atoms with E-state index in [2.05, 4.69) is 30.8 Å². The number of anilines is 1. The third-order valence-electron chi connectivity index (χ3n) is 6.64. The zero-order chi connectivity index (χ0) is 26.7. The number of nitrogens with one attached hydrogen (secondary N) is 3. The van der Waals surface area contributed by atoms with Gasteiger partial charge in [0.25, 0.3) is 5.91 Å². The molecule has 196 valence electrons. The molecule has 0 spiro atoms. The highest BCUT2D eigenvalue weighted by Crippen LogP contribution is 2.27. The highest BCUT2D eigenvalue weighted by atomic mass is 35.5. The van der Waals surface area contributed by atoms with Crippen molar-refractivity contribution in [1.29, 1.82) is 0 Å². The maximum Gasteiger partial charge on any atom is 0.314 e. The normalized spacial score (nSPS) is 21.0. The molecule has 2 aromatic rings. The highest BCUT2D eigenvalue weighted by Gasteiger charge is 2.37. The third-order valence-corrected chi connectivity index (χ3v) is 6.87. The van der Waals surface area contributed by atoms with Crippen molar-refractivity contribution < 1.29 is 19.2 Å². The molecule has 1 saturated carbocycles. The van der Waals surface area contributed by atoms with Gasteiger partial charge in [-0.25, -0.2) is 4.98 Å². The molecular weight excluding hydrogens is 498 g/mol. The Labute approximate surface area is 220 Å². The van der Waals surface area contributed by atoms with Crippen LogP contribution in [0.1, 0.15) is 40.9 Å². The van der Waals surface area contributed by atoms with Crippen LogP contribution in [0.15, 0.2) is 30.6 Å². The standard InChI is InChI=1S/C25H30ClN7O4/c1-32(2)25(37)14-4-6-18(29-23(35)24(36)31-21-7-5-17(26)11-28-21)19(8-14)30-22(34)20-9-15-12-33(3)13-16(15)10-27-20/h5,7,9-11,14,18-19H,4,6,8,12-13H2,1-3H3,(H,29,35)(H,30,34)(H,28,31,36)/t14-,18-,19+/m0/s1. The summed E-state index contributed by atoms with van der Waals surface area (Å²) in [5, 5.41) is 8.50. The Bertz CT molecular complexity index is 1200. The molecule has 3 atom stereocenters. The van der Waals surface area contributed by atoms with Gasteiger partial charge >= 0.3 is 11.8 Å². The number of pyridine rings is 2. The second kappa shape index (κ2) is 11.2. The molecule has 0 aromatic carbocycles. The second-order valence-electron chi connectivity index (χ2n) is 9.73. The lowest BCUT2D eigenvalue weighted by Gasteiger charge is -2.37. The van der Waals surface area contributed by atoms with E-state index in [4.69, 9.17) is 11.6 Å². The van der Waals surface area contributed by atoms with Crippen LogP contribution < -0.4 is 16.0 Å². The average Bonchev–Trinajstić information content (AvgIpc) is 3.25. The number of amides is 4. The second-order valence-corrected chi connectivity index (χ2v) is 10.2. The van der Waals surface area contributed by atoms with Crippen LogP contribution in [0.25, 0.3) is 0 Å². The first kappa shape index (κ1) is 26.5.